The van der Waals surface area contributed by atoms with E-state index in [4.69, 9.17) is 33.0 Å². The maximum atomic E-state index is 14.0. The summed E-state index contributed by atoms with van der Waals surface area (Å²) in [5.74, 6) is -0.541. The lowest BCUT2D eigenvalue weighted by Crippen LogP contribution is -2.49. The molecule has 9 heteroatoms. The number of rotatable bonds is 2. The first-order valence-corrected chi connectivity index (χ1v) is 8.56. The van der Waals surface area contributed by atoms with Crippen molar-refractivity contribution < 1.29 is 19.0 Å². The lowest BCUT2D eigenvalue weighted by Gasteiger charge is -2.35. The second-order valence-corrected chi connectivity index (χ2v) is 7.20. The molecule has 25 heavy (non-hydrogen) atoms. The minimum Gasteiger partial charge on any atom is -0.444 e. The van der Waals surface area contributed by atoms with Gasteiger partial charge in [-0.05, 0) is 20.8 Å². The SMILES string of the molecule is CC(C)(C)OC(=O)N1CCN(Cc2c(Cl)ncc(Cl)c2F)CC1.CO. The molecule has 1 fully saturated rings. The number of hydrogen-bond donors (Lipinski definition) is 1. The third-order valence-electron chi connectivity index (χ3n) is 3.42. The molecule has 2 heterocycles. The van der Waals surface area contributed by atoms with Crippen molar-refractivity contribution in [2.24, 2.45) is 0 Å². The summed E-state index contributed by atoms with van der Waals surface area (Å²) in [4.78, 5) is 19.5. The number of aromatic nitrogens is 1. The summed E-state index contributed by atoms with van der Waals surface area (Å²) in [6.45, 7) is 8.03. The molecule has 1 amide bonds. The maximum Gasteiger partial charge on any atom is 0.410 e. The quantitative estimate of drug-likeness (QED) is 0.778. The number of nitrogens with zero attached hydrogens (tertiary/aromatic N) is 3. The number of halogens is 3. The zero-order valence-corrected chi connectivity index (χ0v) is 16.4. The van der Waals surface area contributed by atoms with E-state index in [1.807, 2.05) is 25.7 Å². The van der Waals surface area contributed by atoms with Gasteiger partial charge in [0.1, 0.15) is 10.8 Å². The number of aliphatic hydroxyl groups excluding tert-OH is 1. The minimum absolute atomic E-state index is 0.0446. The number of carbonyl (C=O) groups excluding carboxylic acids is 1. The highest BCUT2D eigenvalue weighted by Crippen LogP contribution is 2.25. The van der Waals surface area contributed by atoms with Crippen molar-refractivity contribution in [3.05, 3.63) is 27.8 Å². The van der Waals surface area contributed by atoms with Gasteiger partial charge in [-0.15, -0.1) is 0 Å². The van der Waals surface area contributed by atoms with Gasteiger partial charge in [-0.1, -0.05) is 23.2 Å². The second kappa shape index (κ2) is 9.52. The normalized spacial score (nSPS) is 15.4. The molecule has 1 aliphatic rings. The smallest absolute Gasteiger partial charge is 0.410 e. The number of hydrogen-bond acceptors (Lipinski definition) is 5. The number of amides is 1. The van der Waals surface area contributed by atoms with Crippen LogP contribution in [0.15, 0.2) is 6.20 Å². The standard InChI is InChI=1S/C15H20Cl2FN3O2.CH4O/c1-15(2,3)23-14(22)21-6-4-20(5-7-21)9-10-12(18)11(16)8-19-13(10)17;1-2/h8H,4-7,9H2,1-3H3;2H,1H3. The van der Waals surface area contributed by atoms with Crippen LogP contribution < -0.4 is 0 Å². The van der Waals surface area contributed by atoms with Gasteiger partial charge in [0.05, 0.1) is 11.2 Å². The molecule has 142 valence electrons. The summed E-state index contributed by atoms with van der Waals surface area (Å²) in [5.41, 5.74) is -0.234. The maximum absolute atomic E-state index is 14.0. The van der Waals surface area contributed by atoms with Crippen LogP contribution in [-0.2, 0) is 11.3 Å². The molecule has 0 spiro atoms. The zero-order valence-electron chi connectivity index (χ0n) is 14.9. The Morgan fingerprint density at radius 2 is 1.84 bits per heavy atom. The summed E-state index contributed by atoms with van der Waals surface area (Å²) in [7, 11) is 1.00. The van der Waals surface area contributed by atoms with E-state index in [9.17, 15) is 9.18 Å². The van der Waals surface area contributed by atoms with Crippen LogP contribution in [0, 0.1) is 5.82 Å². The van der Waals surface area contributed by atoms with Crippen LogP contribution in [0.25, 0.3) is 0 Å². The second-order valence-electron chi connectivity index (χ2n) is 6.43. The molecule has 0 bridgehead atoms. The number of pyridine rings is 1. The third-order valence-corrected chi connectivity index (χ3v) is 4.01. The minimum atomic E-state index is -0.541. The Kier molecular flexibility index (Phi) is 8.34. The van der Waals surface area contributed by atoms with Crippen molar-refractivity contribution in [2.75, 3.05) is 33.3 Å². The number of ether oxygens (including phenoxy) is 1. The first-order valence-electron chi connectivity index (χ1n) is 7.81. The fourth-order valence-corrected chi connectivity index (χ4v) is 2.61. The van der Waals surface area contributed by atoms with Crippen LogP contribution in [-0.4, -0.2) is 64.9 Å². The Morgan fingerprint density at radius 3 is 2.36 bits per heavy atom. The van der Waals surface area contributed by atoms with Gasteiger partial charge in [0.15, 0.2) is 5.82 Å². The Bertz CT molecular complexity index is 589. The van der Waals surface area contributed by atoms with Gasteiger partial charge in [-0.25, -0.2) is 14.2 Å². The Labute approximate surface area is 157 Å². The van der Waals surface area contributed by atoms with E-state index in [0.717, 1.165) is 7.11 Å². The Morgan fingerprint density at radius 1 is 1.28 bits per heavy atom. The molecule has 0 saturated carbocycles. The topological polar surface area (TPSA) is 65.9 Å². The van der Waals surface area contributed by atoms with E-state index in [1.165, 1.54) is 6.20 Å². The highest BCUT2D eigenvalue weighted by atomic mass is 35.5. The van der Waals surface area contributed by atoms with E-state index < -0.39 is 11.4 Å². The van der Waals surface area contributed by atoms with Gasteiger partial charge >= 0.3 is 6.09 Å². The van der Waals surface area contributed by atoms with Crippen LogP contribution in [0.2, 0.25) is 10.2 Å². The van der Waals surface area contributed by atoms with E-state index in [-0.39, 0.29) is 21.8 Å². The number of aliphatic hydroxyl groups is 1. The fraction of sp³-hybridized carbons (Fsp3) is 0.625. The van der Waals surface area contributed by atoms with Crippen molar-refractivity contribution in [3.8, 4) is 0 Å². The summed E-state index contributed by atoms with van der Waals surface area (Å²) < 4.78 is 19.4. The van der Waals surface area contributed by atoms with Gasteiger partial charge in [0, 0.05) is 45.4 Å². The van der Waals surface area contributed by atoms with Gasteiger partial charge in [-0.3, -0.25) is 4.90 Å². The molecule has 1 saturated heterocycles. The van der Waals surface area contributed by atoms with Gasteiger partial charge in [0.2, 0.25) is 0 Å². The van der Waals surface area contributed by atoms with Crippen LogP contribution >= 0.6 is 23.2 Å². The highest BCUT2D eigenvalue weighted by Gasteiger charge is 2.26. The molecular weight excluding hydrogens is 372 g/mol. The third kappa shape index (κ3) is 6.58. The van der Waals surface area contributed by atoms with E-state index in [2.05, 4.69) is 4.98 Å². The molecule has 0 atom stereocenters. The molecule has 0 aromatic carbocycles. The summed E-state index contributed by atoms with van der Waals surface area (Å²) in [6.07, 6.45) is 0.870. The van der Waals surface area contributed by atoms with Crippen molar-refractivity contribution in [3.63, 3.8) is 0 Å². The Balaban J connectivity index is 0.00000151. The van der Waals surface area contributed by atoms with E-state index in [0.29, 0.717) is 32.7 Å². The lowest BCUT2D eigenvalue weighted by molar-refractivity contribution is 0.0138. The number of carbonyl (C=O) groups is 1. The molecule has 1 N–H and O–H groups in total. The predicted octanol–water partition coefficient (Wildman–Crippen LogP) is 3.19. The molecule has 1 aliphatic heterocycles. The average molecular weight is 396 g/mol. The zero-order chi connectivity index (χ0) is 19.2. The lowest BCUT2D eigenvalue weighted by atomic mass is 10.2. The highest BCUT2D eigenvalue weighted by molar-refractivity contribution is 6.32. The Hall–Kier alpha value is -1.15. The van der Waals surface area contributed by atoms with Crippen LogP contribution in [0.4, 0.5) is 9.18 Å². The van der Waals surface area contributed by atoms with Crippen LogP contribution in [0.3, 0.4) is 0 Å². The predicted molar refractivity (Wildman–Crippen MR) is 95.4 cm³/mol. The monoisotopic (exact) mass is 395 g/mol. The first kappa shape index (κ1) is 21.9. The van der Waals surface area contributed by atoms with Crippen molar-refractivity contribution >= 4 is 29.3 Å². The van der Waals surface area contributed by atoms with Gasteiger partial charge in [0.25, 0.3) is 0 Å². The molecule has 0 aliphatic carbocycles. The molecule has 0 unspecified atom stereocenters. The summed E-state index contributed by atoms with van der Waals surface area (Å²) >= 11 is 11.7. The molecule has 0 radical (unpaired) electrons. The largest absolute Gasteiger partial charge is 0.444 e. The van der Waals surface area contributed by atoms with E-state index >= 15 is 0 Å². The van der Waals surface area contributed by atoms with E-state index in [1.54, 1.807) is 4.90 Å². The molecule has 1 aromatic heterocycles. The van der Waals surface area contributed by atoms with Crippen molar-refractivity contribution in [2.45, 2.75) is 32.9 Å². The fourth-order valence-electron chi connectivity index (χ4n) is 2.26. The van der Waals surface area contributed by atoms with Crippen LogP contribution in [0.1, 0.15) is 26.3 Å². The van der Waals surface area contributed by atoms with Crippen molar-refractivity contribution in [1.82, 2.24) is 14.8 Å². The number of piperazine rings is 1. The first-order chi connectivity index (χ1) is 11.7. The average Bonchev–Trinajstić information content (AvgIpc) is 2.56. The van der Waals surface area contributed by atoms with Crippen LogP contribution in [0.5, 0.6) is 0 Å². The summed E-state index contributed by atoms with van der Waals surface area (Å²) in [6, 6.07) is 0. The summed E-state index contributed by atoms with van der Waals surface area (Å²) in [5, 5.41) is 7.07. The molecular formula is C16H24Cl2FN3O3. The molecule has 2 rings (SSSR count). The van der Waals surface area contributed by atoms with Gasteiger partial charge < -0.3 is 14.7 Å². The molecule has 6 nitrogen and oxygen atoms in total. The van der Waals surface area contributed by atoms with Gasteiger partial charge in [-0.2, -0.15) is 0 Å². The molecule has 1 aromatic rings. The van der Waals surface area contributed by atoms with Crippen molar-refractivity contribution in [1.29, 1.82) is 0 Å².